The van der Waals surface area contributed by atoms with Crippen molar-refractivity contribution in [3.63, 3.8) is 0 Å². The summed E-state index contributed by atoms with van der Waals surface area (Å²) in [5.74, 6) is -0.612. The largest absolute Gasteiger partial charge is 0.353 e. The van der Waals surface area contributed by atoms with Crippen LogP contribution in [0.2, 0.25) is 0 Å². The molecule has 3 amide bonds. The Hall–Kier alpha value is -1.65. The summed E-state index contributed by atoms with van der Waals surface area (Å²) in [7, 11) is 0. The number of nitrogens with zero attached hydrogens (tertiary/aromatic N) is 1. The van der Waals surface area contributed by atoms with E-state index in [1.165, 1.54) is 30.6 Å². The van der Waals surface area contributed by atoms with Crippen LogP contribution in [0.15, 0.2) is 12.2 Å². The molecule has 1 saturated carbocycles. The van der Waals surface area contributed by atoms with Gasteiger partial charge in [-0.3, -0.25) is 19.3 Å². The summed E-state index contributed by atoms with van der Waals surface area (Å²) < 4.78 is 0. The van der Waals surface area contributed by atoms with Gasteiger partial charge < -0.3 is 5.32 Å². The molecule has 23 heavy (non-hydrogen) atoms. The quantitative estimate of drug-likeness (QED) is 0.491. The van der Waals surface area contributed by atoms with E-state index >= 15 is 0 Å². The minimum absolute atomic E-state index is 0.0366. The number of imide groups is 1. The molecule has 1 aliphatic heterocycles. The van der Waals surface area contributed by atoms with Crippen LogP contribution in [0.4, 0.5) is 0 Å². The molecule has 1 heterocycles. The zero-order valence-electron chi connectivity index (χ0n) is 13.6. The first-order chi connectivity index (χ1) is 11.2. The van der Waals surface area contributed by atoms with Crippen LogP contribution in [0.25, 0.3) is 0 Å². The van der Waals surface area contributed by atoms with Crippen molar-refractivity contribution in [1.82, 2.24) is 10.2 Å². The number of amides is 3. The molecule has 3 aliphatic rings. The number of rotatable bonds is 4. The van der Waals surface area contributed by atoms with Gasteiger partial charge in [-0.25, -0.2) is 0 Å². The second kappa shape index (κ2) is 7.28. The molecule has 0 aromatic carbocycles. The molecule has 2 fully saturated rings. The number of carbonyl (C=O) groups is 3. The number of hydrogen-bond acceptors (Lipinski definition) is 3. The number of likely N-dealkylation sites (tertiary alicyclic amines) is 1. The minimum Gasteiger partial charge on any atom is -0.353 e. The van der Waals surface area contributed by atoms with E-state index in [2.05, 4.69) is 5.32 Å². The fourth-order valence-electron chi connectivity index (χ4n) is 4.03. The van der Waals surface area contributed by atoms with Crippen molar-refractivity contribution in [1.29, 1.82) is 0 Å². The summed E-state index contributed by atoms with van der Waals surface area (Å²) in [5.41, 5.74) is 0. The molecule has 5 nitrogen and oxygen atoms in total. The third kappa shape index (κ3) is 3.65. The molecule has 0 bridgehead atoms. The maximum Gasteiger partial charge on any atom is 0.233 e. The summed E-state index contributed by atoms with van der Waals surface area (Å²) in [6.45, 7) is 0.225. The second-order valence-corrected chi connectivity index (χ2v) is 6.99. The Morgan fingerprint density at radius 2 is 1.57 bits per heavy atom. The first kappa shape index (κ1) is 16.2. The summed E-state index contributed by atoms with van der Waals surface area (Å²) >= 11 is 0. The molecule has 2 unspecified atom stereocenters. The fourth-order valence-corrected chi connectivity index (χ4v) is 4.03. The Morgan fingerprint density at radius 1 is 1.00 bits per heavy atom. The molecule has 126 valence electrons. The predicted molar refractivity (Wildman–Crippen MR) is 86.3 cm³/mol. The van der Waals surface area contributed by atoms with Gasteiger partial charge in [0.25, 0.3) is 0 Å². The van der Waals surface area contributed by atoms with E-state index in [9.17, 15) is 14.4 Å². The van der Waals surface area contributed by atoms with Crippen molar-refractivity contribution in [2.24, 2.45) is 11.8 Å². The molecular formula is C18H26N2O3. The standard InChI is InChI=1S/C18H26N2O3/c21-16(19-13-7-3-1-2-4-8-13)11-12-20-17(22)14-9-5-6-10-15(14)18(20)23/h5-6,13-15H,1-4,7-12H2,(H,19,21). The van der Waals surface area contributed by atoms with Crippen molar-refractivity contribution < 1.29 is 14.4 Å². The molecule has 1 N–H and O–H groups in total. The van der Waals surface area contributed by atoms with E-state index in [-0.39, 0.29) is 48.6 Å². The number of allylic oxidation sites excluding steroid dienone is 2. The van der Waals surface area contributed by atoms with Crippen molar-refractivity contribution >= 4 is 17.7 Å². The van der Waals surface area contributed by atoms with Crippen LogP contribution >= 0.6 is 0 Å². The monoisotopic (exact) mass is 318 g/mol. The summed E-state index contributed by atoms with van der Waals surface area (Å²) in [6.07, 6.45) is 12.4. The van der Waals surface area contributed by atoms with E-state index in [0.717, 1.165) is 12.8 Å². The lowest BCUT2D eigenvalue weighted by molar-refractivity contribution is -0.140. The van der Waals surface area contributed by atoms with Gasteiger partial charge in [0.2, 0.25) is 17.7 Å². The van der Waals surface area contributed by atoms with Crippen molar-refractivity contribution in [2.75, 3.05) is 6.54 Å². The Balaban J connectivity index is 1.49. The van der Waals surface area contributed by atoms with Crippen LogP contribution in [-0.2, 0) is 14.4 Å². The van der Waals surface area contributed by atoms with Gasteiger partial charge in [0, 0.05) is 19.0 Å². The Morgan fingerprint density at radius 3 is 2.13 bits per heavy atom. The Bertz CT molecular complexity index is 480. The zero-order chi connectivity index (χ0) is 16.2. The van der Waals surface area contributed by atoms with Crippen molar-refractivity contribution in [3.05, 3.63) is 12.2 Å². The van der Waals surface area contributed by atoms with Gasteiger partial charge in [-0.05, 0) is 25.7 Å². The smallest absolute Gasteiger partial charge is 0.233 e. The highest BCUT2D eigenvalue weighted by Crippen LogP contribution is 2.34. The summed E-state index contributed by atoms with van der Waals surface area (Å²) in [5, 5.41) is 3.07. The van der Waals surface area contributed by atoms with Gasteiger partial charge in [0.05, 0.1) is 11.8 Å². The third-order valence-corrected chi connectivity index (χ3v) is 5.38. The summed E-state index contributed by atoms with van der Waals surface area (Å²) in [4.78, 5) is 38.1. The molecule has 1 saturated heterocycles. The first-order valence-electron chi connectivity index (χ1n) is 8.96. The second-order valence-electron chi connectivity index (χ2n) is 6.99. The Kier molecular flexibility index (Phi) is 5.13. The van der Waals surface area contributed by atoms with Gasteiger partial charge in [-0.15, -0.1) is 0 Å². The average Bonchev–Trinajstić information content (AvgIpc) is 2.74. The predicted octanol–water partition coefficient (Wildman–Crippen LogP) is 2.17. The SMILES string of the molecule is O=C(CCN1C(=O)C2CC=CCC2C1=O)NC1CCCCCC1. The van der Waals surface area contributed by atoms with Gasteiger partial charge in [-0.2, -0.15) is 0 Å². The van der Waals surface area contributed by atoms with Gasteiger partial charge in [0.15, 0.2) is 0 Å². The number of nitrogens with one attached hydrogen (secondary N) is 1. The molecule has 3 rings (SSSR count). The highest BCUT2D eigenvalue weighted by Gasteiger charge is 2.46. The van der Waals surface area contributed by atoms with Crippen LogP contribution < -0.4 is 5.32 Å². The van der Waals surface area contributed by atoms with Crippen LogP contribution in [0.3, 0.4) is 0 Å². The lowest BCUT2D eigenvalue weighted by atomic mass is 9.85. The highest BCUT2D eigenvalue weighted by molar-refractivity contribution is 6.05. The highest BCUT2D eigenvalue weighted by atomic mass is 16.2. The van der Waals surface area contributed by atoms with Crippen LogP contribution in [0.5, 0.6) is 0 Å². The van der Waals surface area contributed by atoms with Gasteiger partial charge >= 0.3 is 0 Å². The fraction of sp³-hybridized carbons (Fsp3) is 0.722. The number of fused-ring (bicyclic) bond motifs is 1. The molecule has 2 aliphatic carbocycles. The third-order valence-electron chi connectivity index (χ3n) is 5.38. The molecule has 0 aromatic rings. The van der Waals surface area contributed by atoms with E-state index in [1.807, 2.05) is 12.2 Å². The van der Waals surface area contributed by atoms with Gasteiger partial charge in [-0.1, -0.05) is 37.8 Å². The molecular weight excluding hydrogens is 292 g/mol. The van der Waals surface area contributed by atoms with Crippen LogP contribution in [-0.4, -0.2) is 35.2 Å². The maximum absolute atomic E-state index is 12.3. The molecule has 0 aromatic heterocycles. The lowest BCUT2D eigenvalue weighted by Gasteiger charge is -2.18. The van der Waals surface area contributed by atoms with E-state index < -0.39 is 0 Å². The summed E-state index contributed by atoms with van der Waals surface area (Å²) in [6, 6.07) is 0.266. The van der Waals surface area contributed by atoms with E-state index in [4.69, 9.17) is 0 Å². The van der Waals surface area contributed by atoms with Crippen molar-refractivity contribution in [2.45, 2.75) is 63.8 Å². The minimum atomic E-state index is -0.197. The maximum atomic E-state index is 12.3. The topological polar surface area (TPSA) is 66.5 Å². The average molecular weight is 318 g/mol. The molecule has 5 heteroatoms. The van der Waals surface area contributed by atoms with Crippen molar-refractivity contribution in [3.8, 4) is 0 Å². The number of carbonyl (C=O) groups excluding carboxylic acids is 3. The molecule has 2 atom stereocenters. The van der Waals surface area contributed by atoms with E-state index in [0.29, 0.717) is 12.8 Å². The molecule has 0 radical (unpaired) electrons. The lowest BCUT2D eigenvalue weighted by Crippen LogP contribution is -2.38. The van der Waals surface area contributed by atoms with E-state index in [1.54, 1.807) is 0 Å². The Labute approximate surface area is 137 Å². The normalized spacial score (nSPS) is 28.6. The first-order valence-corrected chi connectivity index (χ1v) is 8.96. The van der Waals surface area contributed by atoms with Gasteiger partial charge in [0.1, 0.15) is 0 Å². The van der Waals surface area contributed by atoms with Crippen LogP contribution in [0, 0.1) is 11.8 Å². The molecule has 0 spiro atoms. The zero-order valence-corrected chi connectivity index (χ0v) is 13.6. The number of hydrogen-bond donors (Lipinski definition) is 1. The van der Waals surface area contributed by atoms with Crippen LogP contribution in [0.1, 0.15) is 57.8 Å².